The second-order valence-electron chi connectivity index (χ2n) is 8.47. The van der Waals surface area contributed by atoms with Crippen LogP contribution < -0.4 is 10.4 Å². The highest BCUT2D eigenvalue weighted by atomic mass is 28.3. The average Bonchev–Trinajstić information content (AvgIpc) is 2.67. The van der Waals surface area contributed by atoms with Gasteiger partial charge in [-0.3, -0.25) is 14.8 Å². The number of carbonyl (C=O) groups is 2. The lowest BCUT2D eigenvalue weighted by molar-refractivity contribution is -0.0326. The zero-order chi connectivity index (χ0) is 18.0. The van der Waals surface area contributed by atoms with Crippen LogP contribution in [0.5, 0.6) is 0 Å². The molecule has 24 heavy (non-hydrogen) atoms. The van der Waals surface area contributed by atoms with Crippen LogP contribution in [0.4, 0.5) is 0 Å². The molecular formula is C18H23NO3Si2. The first-order valence-electron chi connectivity index (χ1n) is 8.13. The van der Waals surface area contributed by atoms with E-state index >= 15 is 0 Å². The molecule has 2 aromatic rings. The van der Waals surface area contributed by atoms with Crippen LogP contribution in [0.3, 0.4) is 0 Å². The van der Waals surface area contributed by atoms with Crippen molar-refractivity contribution in [1.29, 1.82) is 0 Å². The minimum absolute atomic E-state index is 0.302. The van der Waals surface area contributed by atoms with Crippen molar-refractivity contribution < 1.29 is 14.8 Å². The highest BCUT2D eigenvalue weighted by molar-refractivity contribution is 6.94. The zero-order valence-corrected chi connectivity index (χ0v) is 17.0. The topological polar surface area (TPSA) is 57.6 Å². The van der Waals surface area contributed by atoms with E-state index in [0.29, 0.717) is 16.2 Å². The van der Waals surface area contributed by atoms with E-state index in [0.717, 1.165) is 21.1 Å². The van der Waals surface area contributed by atoms with Crippen LogP contribution in [0.15, 0.2) is 24.3 Å². The molecule has 1 aliphatic heterocycles. The molecule has 2 amide bonds. The number of fused-ring (bicyclic) bond motifs is 2. The van der Waals surface area contributed by atoms with Crippen molar-refractivity contribution in [3.63, 3.8) is 0 Å². The lowest BCUT2D eigenvalue weighted by Gasteiger charge is -2.28. The SMILES string of the molecule is C[Si](C)(C)c1c2c(c([Si](C)(C)C)c3ccccc13)C(=O)N(O)C2=O. The molecule has 0 unspecified atom stereocenters. The predicted molar refractivity (Wildman–Crippen MR) is 102 cm³/mol. The second kappa shape index (κ2) is 5.11. The number of hydrogen-bond acceptors (Lipinski definition) is 3. The lowest BCUT2D eigenvalue weighted by Crippen LogP contribution is -2.48. The summed E-state index contributed by atoms with van der Waals surface area (Å²) in [7, 11) is -3.87. The molecule has 0 atom stereocenters. The Hall–Kier alpha value is -1.77. The Balaban J connectivity index is 2.65. The molecule has 3 rings (SSSR count). The van der Waals surface area contributed by atoms with E-state index in [-0.39, 0.29) is 0 Å². The van der Waals surface area contributed by atoms with E-state index in [1.54, 1.807) is 0 Å². The fourth-order valence-electron chi connectivity index (χ4n) is 3.73. The van der Waals surface area contributed by atoms with Crippen molar-refractivity contribution in [3.05, 3.63) is 35.4 Å². The van der Waals surface area contributed by atoms with E-state index in [2.05, 4.69) is 39.3 Å². The van der Waals surface area contributed by atoms with E-state index < -0.39 is 28.0 Å². The summed E-state index contributed by atoms with van der Waals surface area (Å²) in [6, 6.07) is 8.05. The van der Waals surface area contributed by atoms with Crippen LogP contribution >= 0.6 is 0 Å². The predicted octanol–water partition coefficient (Wildman–Crippen LogP) is 2.92. The average molecular weight is 358 g/mol. The molecule has 126 valence electrons. The molecule has 0 saturated heterocycles. The van der Waals surface area contributed by atoms with Gasteiger partial charge < -0.3 is 0 Å². The molecule has 4 nitrogen and oxygen atoms in total. The van der Waals surface area contributed by atoms with Gasteiger partial charge in [0, 0.05) is 0 Å². The van der Waals surface area contributed by atoms with Crippen LogP contribution in [-0.2, 0) is 0 Å². The third-order valence-electron chi connectivity index (χ3n) is 4.53. The van der Waals surface area contributed by atoms with Crippen molar-refractivity contribution in [2.75, 3.05) is 0 Å². The second-order valence-corrected chi connectivity index (χ2v) is 18.5. The molecule has 2 aromatic carbocycles. The molecule has 6 heteroatoms. The molecule has 0 bridgehead atoms. The smallest absolute Gasteiger partial charge is 0.278 e. The Morgan fingerprint density at radius 3 is 1.38 bits per heavy atom. The van der Waals surface area contributed by atoms with Crippen LogP contribution in [-0.4, -0.2) is 38.2 Å². The first-order chi connectivity index (χ1) is 11.0. The number of benzene rings is 2. The van der Waals surface area contributed by atoms with Gasteiger partial charge in [0.25, 0.3) is 11.8 Å². The first-order valence-corrected chi connectivity index (χ1v) is 15.1. The highest BCUT2D eigenvalue weighted by Crippen LogP contribution is 2.29. The van der Waals surface area contributed by atoms with E-state index in [4.69, 9.17) is 0 Å². The molecule has 0 aliphatic carbocycles. The minimum atomic E-state index is -1.93. The number of carbonyl (C=O) groups excluding carboxylic acids is 2. The minimum Gasteiger partial charge on any atom is -0.278 e. The van der Waals surface area contributed by atoms with E-state index in [1.807, 2.05) is 24.3 Å². The Morgan fingerprint density at radius 1 is 0.750 bits per heavy atom. The fraction of sp³-hybridized carbons (Fsp3) is 0.333. The fourth-order valence-corrected chi connectivity index (χ4v) is 7.74. The molecule has 0 saturated carbocycles. The molecule has 0 fully saturated rings. The summed E-state index contributed by atoms with van der Waals surface area (Å²) in [5.41, 5.74) is 0.885. The van der Waals surface area contributed by atoms with Gasteiger partial charge in [0.1, 0.15) is 0 Å². The number of hydrogen-bond donors (Lipinski definition) is 1. The molecular weight excluding hydrogens is 334 g/mol. The number of rotatable bonds is 2. The standard InChI is InChI=1S/C18H23NO3Si2/c1-23(2,3)15-11-9-7-8-10-12(11)16(24(4,5)6)14-13(15)17(20)19(22)18(14)21/h7-10,22H,1-6H3. The normalized spacial score (nSPS) is 15.4. The van der Waals surface area contributed by atoms with Gasteiger partial charge in [-0.2, -0.15) is 0 Å². The quantitative estimate of drug-likeness (QED) is 0.511. The lowest BCUT2D eigenvalue weighted by atomic mass is 10.0. The summed E-state index contributed by atoms with van der Waals surface area (Å²) in [6.45, 7) is 13.0. The number of amides is 2. The van der Waals surface area contributed by atoms with Gasteiger partial charge in [0.05, 0.1) is 27.3 Å². The van der Waals surface area contributed by atoms with Gasteiger partial charge in [0.2, 0.25) is 0 Å². The molecule has 0 aromatic heterocycles. The van der Waals surface area contributed by atoms with E-state index in [9.17, 15) is 14.8 Å². The summed E-state index contributed by atoms with van der Waals surface area (Å²) in [5, 5.41) is 14.4. The van der Waals surface area contributed by atoms with Crippen LogP contribution in [0.2, 0.25) is 39.3 Å². The third kappa shape index (κ3) is 2.29. The zero-order valence-electron chi connectivity index (χ0n) is 15.0. The summed E-state index contributed by atoms with van der Waals surface area (Å²) in [6.07, 6.45) is 0. The van der Waals surface area contributed by atoms with Crippen molar-refractivity contribution in [2.24, 2.45) is 0 Å². The summed E-state index contributed by atoms with van der Waals surface area (Å²) in [4.78, 5) is 25.4. The van der Waals surface area contributed by atoms with E-state index in [1.165, 1.54) is 0 Å². The van der Waals surface area contributed by atoms with Crippen molar-refractivity contribution >= 4 is 49.1 Å². The summed E-state index contributed by atoms with van der Waals surface area (Å²) < 4.78 is 0. The van der Waals surface area contributed by atoms with Gasteiger partial charge in [0.15, 0.2) is 0 Å². The van der Waals surface area contributed by atoms with Gasteiger partial charge in [-0.25, -0.2) is 0 Å². The van der Waals surface area contributed by atoms with Crippen LogP contribution in [0.25, 0.3) is 10.8 Å². The maximum absolute atomic E-state index is 12.7. The Morgan fingerprint density at radius 2 is 1.08 bits per heavy atom. The van der Waals surface area contributed by atoms with Gasteiger partial charge >= 0.3 is 0 Å². The Bertz CT molecular complexity index is 819. The molecule has 1 aliphatic rings. The molecule has 0 spiro atoms. The molecule has 1 N–H and O–H groups in total. The third-order valence-corrected chi connectivity index (χ3v) is 8.57. The Labute approximate surface area is 144 Å². The van der Waals surface area contributed by atoms with Crippen molar-refractivity contribution in [2.45, 2.75) is 39.3 Å². The maximum atomic E-state index is 12.7. The van der Waals surface area contributed by atoms with Gasteiger partial charge in [-0.05, 0) is 21.1 Å². The van der Waals surface area contributed by atoms with Gasteiger partial charge in [-0.1, -0.05) is 63.5 Å². The number of imide groups is 1. The Kier molecular flexibility index (Phi) is 3.64. The van der Waals surface area contributed by atoms with Gasteiger partial charge in [-0.15, -0.1) is 5.06 Å². The van der Waals surface area contributed by atoms with Crippen molar-refractivity contribution in [1.82, 2.24) is 5.06 Å². The monoisotopic (exact) mass is 357 g/mol. The number of hydroxylamine groups is 2. The highest BCUT2D eigenvalue weighted by Gasteiger charge is 2.44. The van der Waals surface area contributed by atoms with Crippen molar-refractivity contribution in [3.8, 4) is 0 Å². The van der Waals surface area contributed by atoms with Crippen LogP contribution in [0, 0.1) is 0 Å². The molecule has 1 heterocycles. The first kappa shape index (κ1) is 17.1. The maximum Gasteiger partial charge on any atom is 0.285 e. The number of nitrogens with zero attached hydrogens (tertiary/aromatic N) is 1. The summed E-state index contributed by atoms with van der Waals surface area (Å²) in [5.74, 6) is -1.14. The largest absolute Gasteiger partial charge is 0.285 e. The van der Waals surface area contributed by atoms with Crippen LogP contribution in [0.1, 0.15) is 20.7 Å². The summed E-state index contributed by atoms with van der Waals surface area (Å²) >= 11 is 0. The molecule has 0 radical (unpaired) electrons.